The summed E-state index contributed by atoms with van der Waals surface area (Å²) in [4.78, 5) is 12.0. The van der Waals surface area contributed by atoms with Crippen LogP contribution >= 0.6 is 24.0 Å². The van der Waals surface area contributed by atoms with Crippen molar-refractivity contribution in [3.63, 3.8) is 0 Å². The van der Waals surface area contributed by atoms with Crippen LogP contribution in [0, 0.1) is 5.92 Å². The highest BCUT2D eigenvalue weighted by molar-refractivity contribution is 6.32. The highest BCUT2D eigenvalue weighted by atomic mass is 35.5. The molecule has 0 aromatic heterocycles. The van der Waals surface area contributed by atoms with Gasteiger partial charge in [0.15, 0.2) is 0 Å². The summed E-state index contributed by atoms with van der Waals surface area (Å²) in [6.07, 6.45) is 0.791. The van der Waals surface area contributed by atoms with Gasteiger partial charge in [0.2, 0.25) is 5.91 Å². The number of nitrogens with one attached hydrogen (secondary N) is 2. The van der Waals surface area contributed by atoms with Gasteiger partial charge in [-0.05, 0) is 6.07 Å². The summed E-state index contributed by atoms with van der Waals surface area (Å²) in [5.74, 6) is 0.935. The van der Waals surface area contributed by atoms with Gasteiger partial charge < -0.3 is 15.4 Å². The van der Waals surface area contributed by atoms with E-state index in [0.717, 1.165) is 25.1 Å². The van der Waals surface area contributed by atoms with Gasteiger partial charge in [-0.3, -0.25) is 4.79 Å². The molecule has 3 rings (SSSR count). The van der Waals surface area contributed by atoms with Crippen molar-refractivity contribution >= 4 is 29.9 Å². The molecule has 0 aliphatic carbocycles. The van der Waals surface area contributed by atoms with Crippen LogP contribution in [0.5, 0.6) is 5.75 Å². The highest BCUT2D eigenvalue weighted by Gasteiger charge is 2.29. The minimum absolute atomic E-state index is 0. The molecule has 0 radical (unpaired) electrons. The number of amides is 1. The third-order valence-electron chi connectivity index (χ3n) is 3.49. The second kappa shape index (κ2) is 5.99. The average molecular weight is 303 g/mol. The van der Waals surface area contributed by atoms with Crippen LogP contribution in [0.25, 0.3) is 0 Å². The van der Waals surface area contributed by atoms with Crippen LogP contribution in [-0.4, -0.2) is 25.6 Å². The quantitative estimate of drug-likeness (QED) is 0.877. The van der Waals surface area contributed by atoms with Crippen LogP contribution in [0.15, 0.2) is 18.2 Å². The summed E-state index contributed by atoms with van der Waals surface area (Å²) in [7, 11) is 0. The maximum atomic E-state index is 12.0. The first-order valence-electron chi connectivity index (χ1n) is 6.18. The second-order valence-corrected chi connectivity index (χ2v) is 5.12. The van der Waals surface area contributed by atoms with Crippen molar-refractivity contribution in [3.05, 3.63) is 28.8 Å². The van der Waals surface area contributed by atoms with E-state index in [1.54, 1.807) is 6.07 Å². The Balaban J connectivity index is 0.00000133. The summed E-state index contributed by atoms with van der Waals surface area (Å²) >= 11 is 6.10. The van der Waals surface area contributed by atoms with Gasteiger partial charge in [-0.25, -0.2) is 0 Å². The SMILES string of the molecule is Cl.O=C(NC1CCOc2c(Cl)cccc21)C1CNC1. The summed E-state index contributed by atoms with van der Waals surface area (Å²) in [5, 5.41) is 6.80. The first-order valence-corrected chi connectivity index (χ1v) is 6.56. The molecule has 2 N–H and O–H groups in total. The Hall–Kier alpha value is -0.970. The third-order valence-corrected chi connectivity index (χ3v) is 3.79. The number of rotatable bonds is 2. The van der Waals surface area contributed by atoms with E-state index in [2.05, 4.69) is 10.6 Å². The fourth-order valence-electron chi connectivity index (χ4n) is 2.30. The molecule has 0 spiro atoms. The van der Waals surface area contributed by atoms with E-state index in [0.29, 0.717) is 17.4 Å². The Morgan fingerprint density at radius 2 is 2.21 bits per heavy atom. The summed E-state index contributed by atoms with van der Waals surface area (Å²) in [6.45, 7) is 2.14. The number of halogens is 2. The molecular weight excluding hydrogens is 287 g/mol. The molecule has 0 bridgehead atoms. The lowest BCUT2D eigenvalue weighted by atomic mass is 9.97. The second-order valence-electron chi connectivity index (χ2n) is 4.71. The lowest BCUT2D eigenvalue weighted by Gasteiger charge is -2.31. The fourth-order valence-corrected chi connectivity index (χ4v) is 2.54. The summed E-state index contributed by atoms with van der Waals surface area (Å²) in [5.41, 5.74) is 0.981. The van der Waals surface area contributed by atoms with Crippen molar-refractivity contribution in [2.45, 2.75) is 12.5 Å². The summed E-state index contributed by atoms with van der Waals surface area (Å²) < 4.78 is 5.57. The lowest BCUT2D eigenvalue weighted by Crippen LogP contribution is -2.51. The monoisotopic (exact) mass is 302 g/mol. The topological polar surface area (TPSA) is 50.4 Å². The smallest absolute Gasteiger partial charge is 0.226 e. The molecule has 1 unspecified atom stereocenters. The predicted octanol–water partition coefficient (Wildman–Crippen LogP) is 1.92. The molecule has 104 valence electrons. The number of hydrogen-bond acceptors (Lipinski definition) is 3. The number of hydrogen-bond donors (Lipinski definition) is 2. The molecule has 6 heteroatoms. The van der Waals surface area contributed by atoms with Crippen LogP contribution in [-0.2, 0) is 4.79 Å². The van der Waals surface area contributed by atoms with Crippen LogP contribution < -0.4 is 15.4 Å². The lowest BCUT2D eigenvalue weighted by molar-refractivity contribution is -0.127. The van der Waals surface area contributed by atoms with Crippen molar-refractivity contribution in [2.24, 2.45) is 5.92 Å². The van der Waals surface area contributed by atoms with Gasteiger partial charge >= 0.3 is 0 Å². The van der Waals surface area contributed by atoms with Gasteiger partial charge in [-0.2, -0.15) is 0 Å². The standard InChI is InChI=1S/C13H15ClN2O2.ClH/c14-10-3-1-2-9-11(4-5-18-12(9)10)16-13(17)8-6-15-7-8;/h1-3,8,11,15H,4-7H2,(H,16,17);1H. The maximum absolute atomic E-state index is 12.0. The van der Waals surface area contributed by atoms with E-state index in [1.807, 2.05) is 12.1 Å². The molecule has 19 heavy (non-hydrogen) atoms. The molecule has 4 nitrogen and oxygen atoms in total. The van der Waals surface area contributed by atoms with E-state index >= 15 is 0 Å². The highest BCUT2D eigenvalue weighted by Crippen LogP contribution is 2.37. The Bertz CT molecular complexity index is 478. The van der Waals surface area contributed by atoms with E-state index in [4.69, 9.17) is 16.3 Å². The number of ether oxygens (including phenoxy) is 1. The molecule has 2 heterocycles. The molecule has 1 atom stereocenters. The molecule has 1 saturated heterocycles. The third kappa shape index (κ3) is 2.81. The number of para-hydroxylation sites is 1. The molecule has 1 amide bonds. The molecular formula is C13H16Cl2N2O2. The first kappa shape index (κ1) is 14.4. The van der Waals surface area contributed by atoms with E-state index in [9.17, 15) is 4.79 Å². The largest absolute Gasteiger partial charge is 0.492 e. The molecule has 2 aliphatic rings. The molecule has 1 fully saturated rings. The average Bonchev–Trinajstić information content (AvgIpc) is 2.28. The Labute approximate surface area is 123 Å². The van der Waals surface area contributed by atoms with Gasteiger partial charge in [-0.1, -0.05) is 23.7 Å². The fraction of sp³-hybridized carbons (Fsp3) is 0.462. The van der Waals surface area contributed by atoms with Crippen molar-refractivity contribution in [3.8, 4) is 5.75 Å². The maximum Gasteiger partial charge on any atom is 0.226 e. The van der Waals surface area contributed by atoms with Gasteiger partial charge in [0.25, 0.3) is 0 Å². The van der Waals surface area contributed by atoms with Gasteiger partial charge in [0.1, 0.15) is 5.75 Å². The normalized spacial score (nSPS) is 21.4. The van der Waals surface area contributed by atoms with E-state index < -0.39 is 0 Å². The zero-order valence-corrected chi connectivity index (χ0v) is 11.9. The molecule has 1 aromatic rings. The van der Waals surface area contributed by atoms with Gasteiger partial charge in [-0.15, -0.1) is 12.4 Å². The number of carbonyl (C=O) groups excluding carboxylic acids is 1. The van der Waals surface area contributed by atoms with Crippen molar-refractivity contribution < 1.29 is 9.53 Å². The predicted molar refractivity (Wildman–Crippen MR) is 76.1 cm³/mol. The zero-order chi connectivity index (χ0) is 12.5. The van der Waals surface area contributed by atoms with Crippen LogP contribution in [0.4, 0.5) is 0 Å². The van der Waals surface area contributed by atoms with Crippen molar-refractivity contribution in [2.75, 3.05) is 19.7 Å². The summed E-state index contributed by atoms with van der Waals surface area (Å²) in [6, 6.07) is 5.67. The number of benzene rings is 1. The van der Waals surface area contributed by atoms with Crippen LogP contribution in [0.3, 0.4) is 0 Å². The van der Waals surface area contributed by atoms with E-state index in [1.165, 1.54) is 0 Å². The zero-order valence-electron chi connectivity index (χ0n) is 10.3. The van der Waals surface area contributed by atoms with Crippen LogP contribution in [0.2, 0.25) is 5.02 Å². The number of fused-ring (bicyclic) bond motifs is 1. The minimum atomic E-state index is 0. The Kier molecular flexibility index (Phi) is 4.55. The minimum Gasteiger partial charge on any atom is -0.492 e. The van der Waals surface area contributed by atoms with Gasteiger partial charge in [0.05, 0.1) is 23.6 Å². The molecule has 0 saturated carbocycles. The first-order chi connectivity index (χ1) is 8.75. The Morgan fingerprint density at radius 1 is 1.42 bits per heavy atom. The van der Waals surface area contributed by atoms with Crippen molar-refractivity contribution in [1.29, 1.82) is 0 Å². The van der Waals surface area contributed by atoms with Crippen molar-refractivity contribution in [1.82, 2.24) is 10.6 Å². The van der Waals surface area contributed by atoms with Crippen LogP contribution in [0.1, 0.15) is 18.0 Å². The Morgan fingerprint density at radius 3 is 2.89 bits per heavy atom. The number of carbonyl (C=O) groups is 1. The van der Waals surface area contributed by atoms with E-state index in [-0.39, 0.29) is 30.3 Å². The molecule has 1 aromatic carbocycles. The van der Waals surface area contributed by atoms with Gasteiger partial charge in [0, 0.05) is 25.1 Å². The molecule has 2 aliphatic heterocycles.